The largest absolute Gasteiger partial charge is 0.507 e. The number of aromatic nitrogens is 1. The van der Waals surface area contributed by atoms with Crippen LogP contribution in [0.1, 0.15) is 66.7 Å². The molecule has 1 unspecified atom stereocenters. The molecule has 1 aliphatic rings. The zero-order valence-electron chi connectivity index (χ0n) is 26.1. The van der Waals surface area contributed by atoms with Crippen LogP contribution in [0.2, 0.25) is 0 Å². The molecule has 10 nitrogen and oxygen atoms in total. The van der Waals surface area contributed by atoms with E-state index in [1.807, 2.05) is 13.8 Å². The summed E-state index contributed by atoms with van der Waals surface area (Å²) in [7, 11) is 0. The van der Waals surface area contributed by atoms with E-state index >= 15 is 0 Å². The highest BCUT2D eigenvalue weighted by molar-refractivity contribution is 7.17. The molecule has 2 heterocycles. The van der Waals surface area contributed by atoms with Crippen molar-refractivity contribution in [1.82, 2.24) is 4.98 Å². The van der Waals surface area contributed by atoms with Gasteiger partial charge in [0.25, 0.3) is 5.78 Å². The molecule has 0 radical (unpaired) electrons. The molecular formula is C34H38N2O8S. The van der Waals surface area contributed by atoms with Crippen LogP contribution < -0.4 is 19.1 Å². The summed E-state index contributed by atoms with van der Waals surface area (Å²) in [6.07, 6.45) is 2.29. The molecule has 0 spiro atoms. The van der Waals surface area contributed by atoms with Crippen molar-refractivity contribution in [3.63, 3.8) is 0 Å². The van der Waals surface area contributed by atoms with Crippen LogP contribution in [0, 0.1) is 12.8 Å². The first-order chi connectivity index (χ1) is 21.6. The van der Waals surface area contributed by atoms with E-state index in [0.717, 1.165) is 17.8 Å². The van der Waals surface area contributed by atoms with Crippen molar-refractivity contribution in [1.29, 1.82) is 0 Å². The minimum atomic E-state index is -1.09. The fraction of sp³-hybridized carbons (Fsp3) is 0.353. The van der Waals surface area contributed by atoms with Gasteiger partial charge >= 0.3 is 11.9 Å². The van der Waals surface area contributed by atoms with E-state index in [4.69, 9.17) is 18.9 Å². The third kappa shape index (κ3) is 7.37. The number of anilines is 1. The van der Waals surface area contributed by atoms with Crippen molar-refractivity contribution < 1.29 is 38.4 Å². The Hall–Kier alpha value is -4.64. The Morgan fingerprint density at radius 1 is 1.07 bits per heavy atom. The number of benzene rings is 2. The van der Waals surface area contributed by atoms with Gasteiger partial charge in [0.15, 0.2) is 16.6 Å². The Balaban J connectivity index is 1.87. The number of aryl methyl sites for hydroxylation is 1. The number of hydrogen-bond acceptors (Lipinski definition) is 10. The number of rotatable bonds is 14. The van der Waals surface area contributed by atoms with Gasteiger partial charge in [-0.25, -0.2) is 9.78 Å². The summed E-state index contributed by atoms with van der Waals surface area (Å²) in [5.41, 5.74) is 0.998. The first-order valence-corrected chi connectivity index (χ1v) is 15.6. The maximum Gasteiger partial charge on any atom is 0.350 e. The van der Waals surface area contributed by atoms with Crippen molar-refractivity contribution in [3.8, 4) is 17.2 Å². The second kappa shape index (κ2) is 14.9. The number of carbonyl (C=O) groups excluding carboxylic acids is 3. The summed E-state index contributed by atoms with van der Waals surface area (Å²) in [5.74, 6) is -0.806. The van der Waals surface area contributed by atoms with Crippen LogP contribution in [0.5, 0.6) is 17.2 Å². The van der Waals surface area contributed by atoms with Gasteiger partial charge in [0, 0.05) is 5.56 Å². The molecule has 238 valence electrons. The molecule has 1 N–H and O–H groups in total. The fourth-order valence-electron chi connectivity index (χ4n) is 4.74. The second-order valence-electron chi connectivity index (χ2n) is 10.6. The molecule has 45 heavy (non-hydrogen) atoms. The summed E-state index contributed by atoms with van der Waals surface area (Å²) in [6.45, 7) is 14.4. The van der Waals surface area contributed by atoms with E-state index in [1.165, 1.54) is 11.0 Å². The fourth-order valence-corrected chi connectivity index (χ4v) is 5.73. The van der Waals surface area contributed by atoms with E-state index in [9.17, 15) is 19.5 Å². The van der Waals surface area contributed by atoms with Gasteiger partial charge in [0.05, 0.1) is 37.1 Å². The Kier molecular flexibility index (Phi) is 11.0. The lowest BCUT2D eigenvalue weighted by Crippen LogP contribution is -2.29. The number of Topliss-reactive ketones (excluding diaryl/α,β-unsaturated/α-hetero) is 1. The Labute approximate surface area is 266 Å². The van der Waals surface area contributed by atoms with Crippen LogP contribution in [0.4, 0.5) is 5.13 Å². The monoisotopic (exact) mass is 634 g/mol. The first-order valence-electron chi connectivity index (χ1n) is 14.8. The smallest absolute Gasteiger partial charge is 0.350 e. The number of ketones is 1. The Morgan fingerprint density at radius 3 is 2.42 bits per heavy atom. The third-order valence-electron chi connectivity index (χ3n) is 6.93. The minimum Gasteiger partial charge on any atom is -0.507 e. The van der Waals surface area contributed by atoms with Crippen molar-refractivity contribution in [2.75, 3.05) is 31.3 Å². The summed E-state index contributed by atoms with van der Waals surface area (Å²) >= 11 is 0.924. The highest BCUT2D eigenvalue weighted by Crippen LogP contribution is 2.45. The molecule has 1 aromatic heterocycles. The lowest BCUT2D eigenvalue weighted by Gasteiger charge is -2.24. The van der Waals surface area contributed by atoms with Crippen LogP contribution in [-0.4, -0.2) is 54.2 Å². The molecule has 0 saturated carbocycles. The van der Waals surface area contributed by atoms with Crippen LogP contribution in [-0.2, 0) is 14.3 Å². The highest BCUT2D eigenvalue weighted by Gasteiger charge is 2.48. The van der Waals surface area contributed by atoms with Crippen LogP contribution in [0.25, 0.3) is 5.76 Å². The first kappa shape index (κ1) is 33.3. The maximum atomic E-state index is 13.7. The molecule has 1 saturated heterocycles. The summed E-state index contributed by atoms with van der Waals surface area (Å²) in [6, 6.07) is 10.6. The summed E-state index contributed by atoms with van der Waals surface area (Å²) in [4.78, 5) is 46.0. The zero-order chi connectivity index (χ0) is 32.7. The number of carbonyl (C=O) groups is 3. The molecule has 1 fully saturated rings. The molecule has 1 atom stereocenters. The topological polar surface area (TPSA) is 124 Å². The van der Waals surface area contributed by atoms with Crippen LogP contribution in [0.15, 0.2) is 60.7 Å². The van der Waals surface area contributed by atoms with Gasteiger partial charge in [-0.2, -0.15) is 0 Å². The number of hydrogen-bond donors (Lipinski definition) is 1. The lowest BCUT2D eigenvalue weighted by atomic mass is 9.95. The van der Waals surface area contributed by atoms with E-state index in [-0.39, 0.29) is 27.9 Å². The third-order valence-corrected chi connectivity index (χ3v) is 8.07. The predicted octanol–water partition coefficient (Wildman–Crippen LogP) is 6.64. The van der Waals surface area contributed by atoms with Gasteiger partial charge in [0.1, 0.15) is 23.0 Å². The van der Waals surface area contributed by atoms with Gasteiger partial charge in [-0.15, -0.1) is 0 Å². The Morgan fingerprint density at radius 2 is 1.78 bits per heavy atom. The summed E-state index contributed by atoms with van der Waals surface area (Å²) in [5, 5.41) is 11.7. The molecule has 2 aromatic carbocycles. The van der Waals surface area contributed by atoms with Crippen LogP contribution in [0.3, 0.4) is 0 Å². The molecular weight excluding hydrogens is 596 g/mol. The van der Waals surface area contributed by atoms with Gasteiger partial charge < -0.3 is 24.1 Å². The zero-order valence-corrected chi connectivity index (χ0v) is 26.9. The van der Waals surface area contributed by atoms with Crippen LogP contribution >= 0.6 is 11.3 Å². The normalized spacial score (nSPS) is 15.8. The van der Waals surface area contributed by atoms with E-state index in [2.05, 4.69) is 25.4 Å². The number of esters is 1. The minimum absolute atomic E-state index is 0.00387. The summed E-state index contributed by atoms with van der Waals surface area (Å²) < 4.78 is 22.6. The lowest BCUT2D eigenvalue weighted by molar-refractivity contribution is -0.132. The Bertz CT molecular complexity index is 1590. The quantitative estimate of drug-likeness (QED) is 0.0683. The average molecular weight is 635 g/mol. The second-order valence-corrected chi connectivity index (χ2v) is 11.6. The van der Waals surface area contributed by atoms with E-state index in [1.54, 1.807) is 49.4 Å². The van der Waals surface area contributed by atoms with Crippen molar-refractivity contribution in [2.45, 2.75) is 47.1 Å². The van der Waals surface area contributed by atoms with Gasteiger partial charge in [-0.1, -0.05) is 43.9 Å². The molecule has 3 aromatic rings. The SMILES string of the molecule is C=CCOC(=O)c1sc(N2C(=O)C(=O)/C(=C(/O)c3ccc(OCC)cc3)C2c2ccc(OCCC(C)C)c(OCC)c2)nc1C. The predicted molar refractivity (Wildman–Crippen MR) is 172 cm³/mol. The number of aliphatic hydroxyl groups excluding tert-OH is 1. The standard InChI is InChI=1S/C34H38N2O8S/c1-7-17-44-33(40)31-21(6)35-34(45-31)36-28(23-12-15-25(26(19-23)42-9-3)43-18-16-20(4)5)27(30(38)32(36)39)29(37)22-10-13-24(14-11-22)41-8-2/h7,10-15,19-20,28,37H,1,8-9,16-18H2,2-6H3/b29-27+. The van der Waals surface area contributed by atoms with Gasteiger partial charge in [-0.3, -0.25) is 14.5 Å². The van der Waals surface area contributed by atoms with E-state index < -0.39 is 23.7 Å². The molecule has 11 heteroatoms. The molecule has 0 aliphatic carbocycles. The van der Waals surface area contributed by atoms with Crippen molar-refractivity contribution in [3.05, 3.63) is 82.4 Å². The maximum absolute atomic E-state index is 13.7. The van der Waals surface area contributed by atoms with Gasteiger partial charge in [-0.05, 0) is 75.1 Å². The average Bonchev–Trinajstić information content (AvgIpc) is 3.52. The number of amides is 1. The van der Waals surface area contributed by atoms with E-state index in [0.29, 0.717) is 59.8 Å². The molecule has 1 amide bonds. The molecule has 4 rings (SSSR count). The number of ether oxygens (including phenoxy) is 4. The number of thiazole rings is 1. The number of nitrogens with zero attached hydrogens (tertiary/aromatic N) is 2. The highest BCUT2D eigenvalue weighted by atomic mass is 32.1. The number of aliphatic hydroxyl groups is 1. The van der Waals surface area contributed by atoms with Gasteiger partial charge in [0.2, 0.25) is 0 Å². The van der Waals surface area contributed by atoms with Crippen molar-refractivity contribution in [2.24, 2.45) is 5.92 Å². The van der Waals surface area contributed by atoms with Crippen molar-refractivity contribution >= 4 is 39.9 Å². The molecule has 1 aliphatic heterocycles. The molecule has 0 bridgehead atoms.